The highest BCUT2D eigenvalue weighted by molar-refractivity contribution is 6.39. The molecule has 0 bridgehead atoms. The zero-order chi connectivity index (χ0) is 24.8. The van der Waals surface area contributed by atoms with Gasteiger partial charge in [0, 0.05) is 6.07 Å². The Balaban J connectivity index is 1.96. The molecule has 1 aliphatic rings. The van der Waals surface area contributed by atoms with Gasteiger partial charge >= 0.3 is 6.03 Å². The van der Waals surface area contributed by atoms with Crippen LogP contribution in [0.1, 0.15) is 26.3 Å². The molecule has 0 aromatic heterocycles. The fourth-order valence-corrected chi connectivity index (χ4v) is 3.16. The second kappa shape index (κ2) is 10.5. The summed E-state index contributed by atoms with van der Waals surface area (Å²) in [5, 5.41) is 13.2. The highest BCUT2D eigenvalue weighted by Crippen LogP contribution is 2.31. The third kappa shape index (κ3) is 5.34. The van der Waals surface area contributed by atoms with E-state index < -0.39 is 29.9 Å². The van der Waals surface area contributed by atoms with E-state index >= 15 is 0 Å². The second-order valence-electron chi connectivity index (χ2n) is 7.11. The number of nitrogens with zero attached hydrogens (tertiary/aromatic N) is 1. The highest BCUT2D eigenvalue weighted by atomic mass is 16.5. The van der Waals surface area contributed by atoms with E-state index in [1.165, 1.54) is 37.3 Å². The van der Waals surface area contributed by atoms with Gasteiger partial charge in [0.1, 0.15) is 17.4 Å². The number of hydrogen-bond donors (Lipinski definition) is 1. The number of anilines is 1. The monoisotopic (exact) mass is 467 g/mol. The van der Waals surface area contributed by atoms with Crippen molar-refractivity contribution in [1.29, 1.82) is 0 Å². The van der Waals surface area contributed by atoms with Crippen molar-refractivity contribution in [3.05, 3.63) is 53.6 Å². The summed E-state index contributed by atoms with van der Waals surface area (Å²) < 4.78 is 16.3. The summed E-state index contributed by atoms with van der Waals surface area (Å²) in [6, 6.07) is 9.96. The van der Waals surface area contributed by atoms with E-state index in [4.69, 9.17) is 14.2 Å². The fraction of sp³-hybridized carbons (Fsp3) is 0.250. The van der Waals surface area contributed by atoms with E-state index in [1.807, 2.05) is 0 Å². The van der Waals surface area contributed by atoms with Crippen molar-refractivity contribution in [2.24, 2.45) is 0 Å². The number of carboxylic acids is 1. The molecule has 178 valence electrons. The van der Waals surface area contributed by atoms with Crippen LogP contribution in [0.5, 0.6) is 17.2 Å². The SMILES string of the molecule is CCOc1cccc(N2C(=O)NC(=O)/C(=C/c3ccc(O[C@@H](C)C(=O)[O-])c(OCC)c3)C2=O)c1. The smallest absolute Gasteiger partial charge is 0.335 e. The summed E-state index contributed by atoms with van der Waals surface area (Å²) in [4.78, 5) is 49.9. The molecule has 3 rings (SSSR count). The van der Waals surface area contributed by atoms with Crippen LogP contribution in [0.4, 0.5) is 10.5 Å². The number of hydrogen-bond acceptors (Lipinski definition) is 8. The first-order valence-electron chi connectivity index (χ1n) is 10.5. The lowest BCUT2D eigenvalue weighted by atomic mass is 10.1. The van der Waals surface area contributed by atoms with Crippen molar-refractivity contribution in [2.75, 3.05) is 18.1 Å². The molecule has 0 spiro atoms. The molecular formula is C24H23N2O8-. The minimum Gasteiger partial charge on any atom is -0.546 e. The molecule has 4 amide bonds. The number of benzene rings is 2. The molecule has 1 N–H and O–H groups in total. The molecule has 1 heterocycles. The molecule has 0 radical (unpaired) electrons. The average molecular weight is 467 g/mol. The van der Waals surface area contributed by atoms with E-state index in [9.17, 15) is 24.3 Å². The Morgan fingerprint density at radius 2 is 1.79 bits per heavy atom. The number of urea groups is 1. The third-order valence-electron chi connectivity index (χ3n) is 4.70. The molecule has 10 nitrogen and oxygen atoms in total. The molecule has 1 aliphatic heterocycles. The van der Waals surface area contributed by atoms with Crippen LogP contribution >= 0.6 is 0 Å². The number of aliphatic carboxylic acids is 1. The molecule has 2 aromatic carbocycles. The lowest BCUT2D eigenvalue weighted by Gasteiger charge is -2.26. The summed E-state index contributed by atoms with van der Waals surface area (Å²) >= 11 is 0. The van der Waals surface area contributed by atoms with Crippen molar-refractivity contribution in [3.63, 3.8) is 0 Å². The van der Waals surface area contributed by atoms with Crippen LogP contribution in [0, 0.1) is 0 Å². The first kappa shape index (κ1) is 24.3. The Bertz CT molecular complexity index is 1160. The third-order valence-corrected chi connectivity index (χ3v) is 4.70. The second-order valence-corrected chi connectivity index (χ2v) is 7.11. The van der Waals surface area contributed by atoms with Gasteiger partial charge in [-0.25, -0.2) is 9.69 Å². The van der Waals surface area contributed by atoms with E-state index in [0.717, 1.165) is 4.90 Å². The highest BCUT2D eigenvalue weighted by Gasteiger charge is 2.37. The van der Waals surface area contributed by atoms with E-state index in [-0.39, 0.29) is 29.4 Å². The Hall–Kier alpha value is -4.34. The van der Waals surface area contributed by atoms with Crippen molar-refractivity contribution in [3.8, 4) is 17.2 Å². The number of barbiturate groups is 1. The van der Waals surface area contributed by atoms with Gasteiger partial charge in [-0.2, -0.15) is 0 Å². The molecule has 1 saturated heterocycles. The summed E-state index contributed by atoms with van der Waals surface area (Å²) in [6.07, 6.45) is 0.0824. The summed E-state index contributed by atoms with van der Waals surface area (Å²) in [5.74, 6) is -2.22. The number of carboxylic acid groups (broad SMARTS) is 1. The lowest BCUT2D eigenvalue weighted by Crippen LogP contribution is -2.54. The predicted molar refractivity (Wildman–Crippen MR) is 119 cm³/mol. The van der Waals surface area contributed by atoms with Crippen LogP contribution in [0.2, 0.25) is 0 Å². The lowest BCUT2D eigenvalue weighted by molar-refractivity contribution is -0.312. The van der Waals surface area contributed by atoms with Crippen molar-refractivity contribution >= 4 is 35.6 Å². The van der Waals surface area contributed by atoms with E-state index in [0.29, 0.717) is 17.9 Å². The van der Waals surface area contributed by atoms with Crippen molar-refractivity contribution < 1.29 is 38.5 Å². The van der Waals surface area contributed by atoms with Gasteiger partial charge in [-0.3, -0.25) is 14.9 Å². The van der Waals surface area contributed by atoms with Crippen LogP contribution in [0.25, 0.3) is 6.08 Å². The van der Waals surface area contributed by atoms with Crippen LogP contribution in [-0.2, 0) is 14.4 Å². The first-order valence-corrected chi connectivity index (χ1v) is 10.5. The number of nitrogens with one attached hydrogen (secondary N) is 1. The van der Waals surface area contributed by atoms with Crippen molar-refractivity contribution in [2.45, 2.75) is 26.9 Å². The van der Waals surface area contributed by atoms with E-state index in [1.54, 1.807) is 32.0 Å². The summed E-state index contributed by atoms with van der Waals surface area (Å²) in [6.45, 7) is 5.51. The van der Waals surface area contributed by atoms with Gasteiger partial charge in [-0.1, -0.05) is 12.1 Å². The minimum absolute atomic E-state index is 0.157. The number of amides is 4. The molecule has 34 heavy (non-hydrogen) atoms. The van der Waals surface area contributed by atoms with Crippen molar-refractivity contribution in [1.82, 2.24) is 5.32 Å². The van der Waals surface area contributed by atoms with Gasteiger partial charge in [0.25, 0.3) is 11.8 Å². The normalized spacial score (nSPS) is 15.7. The van der Waals surface area contributed by atoms with Crippen LogP contribution in [0.3, 0.4) is 0 Å². The minimum atomic E-state index is -1.39. The number of carbonyl (C=O) groups is 4. The molecule has 1 atom stereocenters. The van der Waals surface area contributed by atoms with Crippen LogP contribution < -0.4 is 29.5 Å². The predicted octanol–water partition coefficient (Wildman–Crippen LogP) is 1.67. The maximum Gasteiger partial charge on any atom is 0.335 e. The van der Waals surface area contributed by atoms with Gasteiger partial charge in [-0.15, -0.1) is 0 Å². The van der Waals surface area contributed by atoms with Gasteiger partial charge in [0.2, 0.25) is 0 Å². The standard InChI is InChI=1S/C24H24N2O8/c1-4-32-17-8-6-7-16(13-17)26-22(28)18(21(27)25-24(26)31)11-15-9-10-19(20(12-15)33-5-2)34-14(3)23(29)30/h6-14H,4-5H2,1-3H3,(H,29,30)(H,25,27,31)/p-1/b18-11-/t14-/m0/s1. The Labute approximate surface area is 195 Å². The molecule has 10 heteroatoms. The molecular weight excluding hydrogens is 444 g/mol. The van der Waals surface area contributed by atoms with Gasteiger partial charge in [0.15, 0.2) is 11.5 Å². The first-order chi connectivity index (χ1) is 16.2. The van der Waals surface area contributed by atoms with Crippen LogP contribution in [0.15, 0.2) is 48.0 Å². The average Bonchev–Trinajstić information content (AvgIpc) is 2.78. The largest absolute Gasteiger partial charge is 0.546 e. The summed E-state index contributed by atoms with van der Waals surface area (Å²) in [5.41, 5.74) is 0.357. The Morgan fingerprint density at radius 1 is 1.06 bits per heavy atom. The fourth-order valence-electron chi connectivity index (χ4n) is 3.16. The topological polar surface area (TPSA) is 134 Å². The molecule has 2 aromatic rings. The molecule has 1 fully saturated rings. The number of rotatable bonds is 9. The van der Waals surface area contributed by atoms with Gasteiger partial charge in [-0.05, 0) is 56.7 Å². The Kier molecular flexibility index (Phi) is 7.52. The number of carbonyl (C=O) groups excluding carboxylic acids is 4. The zero-order valence-electron chi connectivity index (χ0n) is 18.8. The molecule has 0 aliphatic carbocycles. The van der Waals surface area contributed by atoms with Gasteiger partial charge in [0.05, 0.1) is 24.9 Å². The van der Waals surface area contributed by atoms with Crippen LogP contribution in [-0.4, -0.2) is 43.1 Å². The van der Waals surface area contributed by atoms with E-state index in [2.05, 4.69) is 5.32 Å². The quantitative estimate of drug-likeness (QED) is 0.435. The molecule has 0 saturated carbocycles. The maximum absolute atomic E-state index is 13.1. The number of ether oxygens (including phenoxy) is 3. The summed E-state index contributed by atoms with van der Waals surface area (Å²) in [7, 11) is 0. The Morgan fingerprint density at radius 3 is 2.47 bits per heavy atom. The number of imide groups is 2. The van der Waals surface area contributed by atoms with Gasteiger partial charge < -0.3 is 24.1 Å². The zero-order valence-corrected chi connectivity index (χ0v) is 18.8. The molecule has 0 unspecified atom stereocenters. The maximum atomic E-state index is 13.1.